The van der Waals surface area contributed by atoms with Crippen LogP contribution in [0.15, 0.2) is 30.5 Å². The van der Waals surface area contributed by atoms with Crippen molar-refractivity contribution in [2.45, 2.75) is 26.3 Å². The van der Waals surface area contributed by atoms with Crippen LogP contribution in [0.1, 0.15) is 30.3 Å². The summed E-state index contributed by atoms with van der Waals surface area (Å²) in [6.45, 7) is 4.93. The van der Waals surface area contributed by atoms with Gasteiger partial charge in [0.25, 0.3) is 0 Å². The van der Waals surface area contributed by atoms with E-state index in [2.05, 4.69) is 43.1 Å². The van der Waals surface area contributed by atoms with Gasteiger partial charge in [-0.15, -0.1) is 11.3 Å². The summed E-state index contributed by atoms with van der Waals surface area (Å²) in [7, 11) is 0. The molecule has 2 nitrogen and oxygen atoms in total. The summed E-state index contributed by atoms with van der Waals surface area (Å²) in [5.41, 5.74) is 8.14. The van der Waals surface area contributed by atoms with Gasteiger partial charge in [-0.3, -0.25) is 0 Å². The summed E-state index contributed by atoms with van der Waals surface area (Å²) < 4.78 is 0. The van der Waals surface area contributed by atoms with E-state index >= 15 is 0 Å². The average Bonchev–Trinajstić information content (AvgIpc) is 2.77. The van der Waals surface area contributed by atoms with Gasteiger partial charge in [-0.25, -0.2) is 4.98 Å². The lowest BCUT2D eigenvalue weighted by Gasteiger charge is -2.05. The van der Waals surface area contributed by atoms with Gasteiger partial charge in [0.15, 0.2) is 0 Å². The Morgan fingerprint density at radius 3 is 2.44 bits per heavy atom. The van der Waals surface area contributed by atoms with Crippen molar-refractivity contribution in [3.63, 3.8) is 0 Å². The molecule has 0 unspecified atom stereocenters. The summed E-state index contributed by atoms with van der Waals surface area (Å²) >= 11 is 1.66. The SMILES string of the molecule is CC(C)c1ccc(-c2cnc(CN)s2)cc1. The van der Waals surface area contributed by atoms with Crippen molar-refractivity contribution in [3.8, 4) is 10.4 Å². The molecule has 1 aromatic carbocycles. The third kappa shape index (κ3) is 2.31. The van der Waals surface area contributed by atoms with Gasteiger partial charge < -0.3 is 5.73 Å². The number of thiazole rings is 1. The Hall–Kier alpha value is -1.19. The van der Waals surface area contributed by atoms with Crippen molar-refractivity contribution in [3.05, 3.63) is 41.0 Å². The summed E-state index contributed by atoms with van der Waals surface area (Å²) in [5, 5.41) is 0.989. The standard InChI is InChI=1S/C13H16N2S/c1-9(2)10-3-5-11(6-4-10)12-8-15-13(7-14)16-12/h3-6,8-9H,7,14H2,1-2H3. The molecular formula is C13H16N2S. The maximum absolute atomic E-state index is 5.55. The molecule has 1 aromatic heterocycles. The molecule has 0 aliphatic heterocycles. The lowest BCUT2D eigenvalue weighted by atomic mass is 10.0. The number of nitrogens with zero attached hydrogens (tertiary/aromatic N) is 1. The zero-order valence-corrected chi connectivity index (χ0v) is 10.4. The third-order valence-electron chi connectivity index (χ3n) is 2.59. The molecule has 0 saturated carbocycles. The van der Waals surface area contributed by atoms with Crippen molar-refractivity contribution < 1.29 is 0 Å². The number of rotatable bonds is 3. The van der Waals surface area contributed by atoms with Crippen molar-refractivity contribution >= 4 is 11.3 Å². The molecule has 0 spiro atoms. The highest BCUT2D eigenvalue weighted by atomic mass is 32.1. The molecule has 0 saturated heterocycles. The van der Waals surface area contributed by atoms with E-state index in [1.807, 2.05) is 6.20 Å². The van der Waals surface area contributed by atoms with Crippen molar-refractivity contribution in [2.75, 3.05) is 0 Å². The van der Waals surface area contributed by atoms with Crippen LogP contribution in [-0.2, 0) is 6.54 Å². The van der Waals surface area contributed by atoms with E-state index in [-0.39, 0.29) is 0 Å². The minimum absolute atomic E-state index is 0.523. The molecular weight excluding hydrogens is 216 g/mol. The molecule has 2 rings (SSSR count). The van der Waals surface area contributed by atoms with Gasteiger partial charge in [-0.05, 0) is 17.0 Å². The second-order valence-corrected chi connectivity index (χ2v) is 5.21. The number of hydrogen-bond donors (Lipinski definition) is 1. The molecule has 2 aromatic rings. The van der Waals surface area contributed by atoms with Crippen LogP contribution in [0.3, 0.4) is 0 Å². The van der Waals surface area contributed by atoms with E-state index in [1.54, 1.807) is 11.3 Å². The van der Waals surface area contributed by atoms with Gasteiger partial charge in [-0.1, -0.05) is 38.1 Å². The van der Waals surface area contributed by atoms with Crippen LogP contribution in [0.5, 0.6) is 0 Å². The van der Waals surface area contributed by atoms with Crippen molar-refractivity contribution in [2.24, 2.45) is 5.73 Å². The molecule has 0 radical (unpaired) electrons. The monoisotopic (exact) mass is 232 g/mol. The largest absolute Gasteiger partial charge is 0.325 e. The smallest absolute Gasteiger partial charge is 0.107 e. The van der Waals surface area contributed by atoms with E-state index in [0.29, 0.717) is 12.5 Å². The first kappa shape index (κ1) is 11.3. The van der Waals surface area contributed by atoms with Crippen LogP contribution in [-0.4, -0.2) is 4.98 Å². The highest BCUT2D eigenvalue weighted by molar-refractivity contribution is 7.15. The topological polar surface area (TPSA) is 38.9 Å². The van der Waals surface area contributed by atoms with Crippen molar-refractivity contribution in [1.82, 2.24) is 4.98 Å². The lowest BCUT2D eigenvalue weighted by Crippen LogP contribution is -1.93. The second-order valence-electron chi connectivity index (χ2n) is 4.10. The Balaban J connectivity index is 2.27. The number of nitrogens with two attached hydrogens (primary N) is 1. The zero-order valence-electron chi connectivity index (χ0n) is 9.60. The van der Waals surface area contributed by atoms with Crippen molar-refractivity contribution in [1.29, 1.82) is 0 Å². The Labute approximate surface area is 100 Å². The minimum atomic E-state index is 0.523. The average molecular weight is 232 g/mol. The Morgan fingerprint density at radius 1 is 1.25 bits per heavy atom. The fourth-order valence-electron chi connectivity index (χ4n) is 1.57. The number of hydrogen-bond acceptors (Lipinski definition) is 3. The van der Waals surface area contributed by atoms with Gasteiger partial charge in [0.2, 0.25) is 0 Å². The maximum Gasteiger partial charge on any atom is 0.107 e. The third-order valence-corrected chi connectivity index (χ3v) is 3.66. The van der Waals surface area contributed by atoms with E-state index in [0.717, 1.165) is 5.01 Å². The Kier molecular flexibility index (Phi) is 3.36. The summed E-state index contributed by atoms with van der Waals surface area (Å²) in [4.78, 5) is 5.45. The quantitative estimate of drug-likeness (QED) is 0.881. The molecule has 0 fully saturated rings. The van der Waals surface area contributed by atoms with E-state index in [9.17, 15) is 0 Å². The van der Waals surface area contributed by atoms with Gasteiger partial charge >= 0.3 is 0 Å². The van der Waals surface area contributed by atoms with Gasteiger partial charge in [0, 0.05) is 12.7 Å². The van der Waals surface area contributed by atoms with Crippen LogP contribution in [0.2, 0.25) is 0 Å². The van der Waals surface area contributed by atoms with Gasteiger partial charge in [0.1, 0.15) is 5.01 Å². The molecule has 0 aliphatic carbocycles. The first-order valence-corrected chi connectivity index (χ1v) is 6.27. The van der Waals surface area contributed by atoms with Crippen LogP contribution in [0.25, 0.3) is 10.4 Å². The number of benzene rings is 1. The molecule has 84 valence electrons. The maximum atomic E-state index is 5.55. The molecule has 0 amide bonds. The molecule has 0 aliphatic rings. The van der Waals surface area contributed by atoms with Crippen LogP contribution < -0.4 is 5.73 Å². The highest BCUT2D eigenvalue weighted by Crippen LogP contribution is 2.27. The second kappa shape index (κ2) is 4.76. The van der Waals surface area contributed by atoms with Crippen LogP contribution in [0, 0.1) is 0 Å². The fourth-order valence-corrected chi connectivity index (χ4v) is 2.37. The fraction of sp³-hybridized carbons (Fsp3) is 0.308. The molecule has 0 atom stereocenters. The number of aromatic nitrogens is 1. The molecule has 3 heteroatoms. The summed E-state index contributed by atoms with van der Waals surface area (Å²) in [6, 6.07) is 8.68. The Morgan fingerprint density at radius 2 is 1.94 bits per heavy atom. The highest BCUT2D eigenvalue weighted by Gasteiger charge is 2.04. The van der Waals surface area contributed by atoms with E-state index in [4.69, 9.17) is 5.73 Å². The Bertz CT molecular complexity index is 457. The summed E-state index contributed by atoms with van der Waals surface area (Å²) in [5.74, 6) is 0.579. The molecule has 16 heavy (non-hydrogen) atoms. The van der Waals surface area contributed by atoms with E-state index in [1.165, 1.54) is 16.0 Å². The van der Waals surface area contributed by atoms with E-state index < -0.39 is 0 Å². The normalized spacial score (nSPS) is 11.0. The summed E-state index contributed by atoms with van der Waals surface area (Å²) in [6.07, 6.45) is 1.90. The molecule has 0 bridgehead atoms. The first-order valence-electron chi connectivity index (χ1n) is 5.46. The van der Waals surface area contributed by atoms with Crippen LogP contribution in [0.4, 0.5) is 0 Å². The zero-order chi connectivity index (χ0) is 11.5. The lowest BCUT2D eigenvalue weighted by molar-refractivity contribution is 0.867. The van der Waals surface area contributed by atoms with Crippen LogP contribution >= 0.6 is 11.3 Å². The minimum Gasteiger partial charge on any atom is -0.325 e. The molecule has 2 N–H and O–H groups in total. The predicted octanol–water partition coefficient (Wildman–Crippen LogP) is 3.39. The van der Waals surface area contributed by atoms with Gasteiger partial charge in [-0.2, -0.15) is 0 Å². The predicted molar refractivity (Wildman–Crippen MR) is 69.5 cm³/mol. The molecule has 1 heterocycles. The first-order chi connectivity index (χ1) is 7.70. The van der Waals surface area contributed by atoms with Gasteiger partial charge in [0.05, 0.1) is 4.88 Å².